The van der Waals surface area contributed by atoms with Crippen molar-refractivity contribution in [3.8, 4) is 0 Å². The number of hydrogen-bond acceptors (Lipinski definition) is 3. The van der Waals surface area contributed by atoms with Gasteiger partial charge in [0, 0.05) is 31.5 Å². The zero-order valence-electron chi connectivity index (χ0n) is 11.2. The predicted molar refractivity (Wildman–Crippen MR) is 69.7 cm³/mol. The van der Waals surface area contributed by atoms with E-state index >= 15 is 0 Å². The summed E-state index contributed by atoms with van der Waals surface area (Å²) in [7, 11) is 0. The number of aromatic nitrogens is 2. The van der Waals surface area contributed by atoms with Crippen molar-refractivity contribution in [1.29, 1.82) is 0 Å². The maximum atomic E-state index is 11.9. The lowest BCUT2D eigenvalue weighted by molar-refractivity contribution is -0.138. The van der Waals surface area contributed by atoms with Crippen molar-refractivity contribution < 1.29 is 14.7 Å². The number of urea groups is 1. The van der Waals surface area contributed by atoms with Crippen LogP contribution in [-0.2, 0) is 11.3 Å². The number of nitrogens with one attached hydrogen (secondary N) is 1. The van der Waals surface area contributed by atoms with E-state index in [2.05, 4.69) is 10.3 Å². The third-order valence-corrected chi connectivity index (χ3v) is 2.89. The molecule has 1 aromatic rings. The average Bonchev–Trinajstić information content (AvgIpc) is 2.87. The fourth-order valence-electron chi connectivity index (χ4n) is 1.61. The lowest BCUT2D eigenvalue weighted by Crippen LogP contribution is -2.47. The normalized spacial score (nSPS) is 11.9. The van der Waals surface area contributed by atoms with Crippen LogP contribution in [0.3, 0.4) is 0 Å². The second-order valence-electron chi connectivity index (χ2n) is 4.31. The Balaban J connectivity index is 2.44. The van der Waals surface area contributed by atoms with E-state index in [0.29, 0.717) is 19.5 Å². The van der Waals surface area contributed by atoms with Gasteiger partial charge < -0.3 is 19.9 Å². The highest BCUT2D eigenvalue weighted by molar-refractivity contribution is 5.80. The molecule has 0 saturated carbocycles. The van der Waals surface area contributed by atoms with Gasteiger partial charge in [0.1, 0.15) is 6.54 Å². The summed E-state index contributed by atoms with van der Waals surface area (Å²) < 4.78 is 1.84. The summed E-state index contributed by atoms with van der Waals surface area (Å²) in [6.07, 6.45) is 5.84. The van der Waals surface area contributed by atoms with Crippen molar-refractivity contribution in [3.05, 3.63) is 18.7 Å². The Kier molecular flexibility index (Phi) is 5.84. The van der Waals surface area contributed by atoms with E-state index in [1.165, 1.54) is 4.90 Å². The Morgan fingerprint density at radius 1 is 1.53 bits per heavy atom. The maximum Gasteiger partial charge on any atom is 0.323 e. The molecule has 0 aliphatic carbocycles. The molecule has 106 valence electrons. The minimum absolute atomic E-state index is 0.107. The highest BCUT2D eigenvalue weighted by Gasteiger charge is 2.20. The number of carbonyl (C=O) groups excluding carboxylic acids is 1. The number of carbonyl (C=O) groups is 2. The van der Waals surface area contributed by atoms with Crippen LogP contribution < -0.4 is 5.32 Å². The van der Waals surface area contributed by atoms with Gasteiger partial charge in [0.05, 0.1) is 6.33 Å². The van der Waals surface area contributed by atoms with Gasteiger partial charge in [0.15, 0.2) is 0 Å². The molecule has 1 aromatic heterocycles. The molecular formula is C12H20N4O3. The van der Waals surface area contributed by atoms with E-state index in [9.17, 15) is 9.59 Å². The highest BCUT2D eigenvalue weighted by atomic mass is 16.4. The zero-order chi connectivity index (χ0) is 14.3. The van der Waals surface area contributed by atoms with Gasteiger partial charge in [0.25, 0.3) is 0 Å². The Morgan fingerprint density at radius 2 is 2.26 bits per heavy atom. The molecule has 1 heterocycles. The highest BCUT2D eigenvalue weighted by Crippen LogP contribution is 2.03. The van der Waals surface area contributed by atoms with Crippen LogP contribution >= 0.6 is 0 Å². The monoisotopic (exact) mass is 268 g/mol. The predicted octanol–water partition coefficient (Wildman–Crippen LogP) is 0.778. The topological polar surface area (TPSA) is 87.5 Å². The van der Waals surface area contributed by atoms with Gasteiger partial charge in [-0.3, -0.25) is 4.79 Å². The molecule has 0 aliphatic heterocycles. The number of aliphatic carboxylic acids is 1. The van der Waals surface area contributed by atoms with Crippen molar-refractivity contribution in [2.45, 2.75) is 32.9 Å². The molecule has 7 nitrogen and oxygen atoms in total. The summed E-state index contributed by atoms with van der Waals surface area (Å²) in [5.41, 5.74) is 0. The van der Waals surface area contributed by atoms with E-state index in [0.717, 1.165) is 0 Å². The molecule has 0 fully saturated rings. The summed E-state index contributed by atoms with van der Waals surface area (Å²) in [4.78, 5) is 27.9. The third-order valence-electron chi connectivity index (χ3n) is 2.89. The van der Waals surface area contributed by atoms with Gasteiger partial charge in [0.2, 0.25) is 0 Å². The summed E-state index contributed by atoms with van der Waals surface area (Å²) >= 11 is 0. The molecule has 1 unspecified atom stereocenters. The van der Waals surface area contributed by atoms with Crippen LogP contribution in [-0.4, -0.2) is 50.7 Å². The molecule has 1 atom stereocenters. The average molecular weight is 268 g/mol. The quantitative estimate of drug-likeness (QED) is 0.765. The first kappa shape index (κ1) is 15.0. The van der Waals surface area contributed by atoms with E-state index in [-0.39, 0.29) is 18.6 Å². The molecule has 0 bridgehead atoms. The first-order valence-corrected chi connectivity index (χ1v) is 6.26. The minimum atomic E-state index is -1.01. The summed E-state index contributed by atoms with van der Waals surface area (Å²) in [5.74, 6) is -1.01. The number of hydrogen-bond donors (Lipinski definition) is 2. The molecule has 0 aromatic carbocycles. The summed E-state index contributed by atoms with van der Waals surface area (Å²) in [6.45, 7) is 4.50. The Hall–Kier alpha value is -2.05. The molecule has 1 rings (SSSR count). The molecule has 7 heteroatoms. The van der Waals surface area contributed by atoms with Crippen molar-refractivity contribution >= 4 is 12.0 Å². The summed E-state index contributed by atoms with van der Waals surface area (Å²) in [6, 6.07) is -0.457. The molecule has 0 aliphatic rings. The second-order valence-corrected chi connectivity index (χ2v) is 4.31. The van der Waals surface area contributed by atoms with Crippen LogP contribution in [0.15, 0.2) is 18.7 Å². The standard InChI is InChI=1S/C12H20N4O3/c1-3-10(2)16(8-11(17)18)12(19)14-5-7-15-6-4-13-9-15/h4,6,9-10H,3,5,7-8H2,1-2H3,(H,14,19)(H,17,18). The Labute approximate surface area is 112 Å². The van der Waals surface area contributed by atoms with Gasteiger partial charge in [-0.15, -0.1) is 0 Å². The van der Waals surface area contributed by atoms with E-state index in [1.807, 2.05) is 18.4 Å². The van der Waals surface area contributed by atoms with Gasteiger partial charge >= 0.3 is 12.0 Å². The fraction of sp³-hybridized carbons (Fsp3) is 0.583. The van der Waals surface area contributed by atoms with Crippen molar-refractivity contribution in [2.24, 2.45) is 0 Å². The number of imidazole rings is 1. The molecule has 0 saturated heterocycles. The van der Waals surface area contributed by atoms with Crippen LogP contribution in [0, 0.1) is 0 Å². The lowest BCUT2D eigenvalue weighted by atomic mass is 10.2. The molecule has 19 heavy (non-hydrogen) atoms. The molecular weight excluding hydrogens is 248 g/mol. The van der Waals surface area contributed by atoms with Crippen molar-refractivity contribution in [2.75, 3.05) is 13.1 Å². The molecule has 2 amide bonds. The molecule has 0 spiro atoms. The van der Waals surface area contributed by atoms with Crippen molar-refractivity contribution in [1.82, 2.24) is 19.8 Å². The minimum Gasteiger partial charge on any atom is -0.480 e. The van der Waals surface area contributed by atoms with Gasteiger partial charge in [-0.25, -0.2) is 9.78 Å². The SMILES string of the molecule is CCC(C)N(CC(=O)O)C(=O)NCCn1ccnc1. The second kappa shape index (κ2) is 7.40. The van der Waals surface area contributed by atoms with E-state index < -0.39 is 5.97 Å². The number of nitrogens with zero attached hydrogens (tertiary/aromatic N) is 3. The van der Waals surface area contributed by atoms with Crippen LogP contribution in [0.1, 0.15) is 20.3 Å². The third kappa shape index (κ3) is 4.99. The van der Waals surface area contributed by atoms with Crippen LogP contribution in [0.25, 0.3) is 0 Å². The molecule has 2 N–H and O–H groups in total. The number of amides is 2. The Bertz CT molecular complexity index is 405. The van der Waals surface area contributed by atoms with Crippen LogP contribution in [0.2, 0.25) is 0 Å². The van der Waals surface area contributed by atoms with Crippen LogP contribution in [0.4, 0.5) is 4.79 Å². The van der Waals surface area contributed by atoms with E-state index in [1.54, 1.807) is 18.7 Å². The largest absolute Gasteiger partial charge is 0.480 e. The lowest BCUT2D eigenvalue weighted by Gasteiger charge is -2.27. The van der Waals surface area contributed by atoms with Crippen LogP contribution in [0.5, 0.6) is 0 Å². The number of rotatable bonds is 7. The fourth-order valence-corrected chi connectivity index (χ4v) is 1.61. The Morgan fingerprint density at radius 3 is 2.79 bits per heavy atom. The number of carboxylic acid groups (broad SMARTS) is 1. The van der Waals surface area contributed by atoms with Gasteiger partial charge in [-0.05, 0) is 13.3 Å². The maximum absolute atomic E-state index is 11.9. The van der Waals surface area contributed by atoms with Crippen molar-refractivity contribution in [3.63, 3.8) is 0 Å². The summed E-state index contributed by atoms with van der Waals surface area (Å²) in [5, 5.41) is 11.5. The first-order valence-electron chi connectivity index (χ1n) is 6.26. The first-order chi connectivity index (χ1) is 9.04. The van der Waals surface area contributed by atoms with Gasteiger partial charge in [-0.2, -0.15) is 0 Å². The smallest absolute Gasteiger partial charge is 0.323 e. The van der Waals surface area contributed by atoms with Gasteiger partial charge in [-0.1, -0.05) is 6.92 Å². The molecule has 0 radical (unpaired) electrons. The van der Waals surface area contributed by atoms with E-state index in [4.69, 9.17) is 5.11 Å². The zero-order valence-corrected chi connectivity index (χ0v) is 11.2. The number of carboxylic acids is 1.